The second-order valence-electron chi connectivity index (χ2n) is 4.72. The topological polar surface area (TPSA) is 46.2 Å². The summed E-state index contributed by atoms with van der Waals surface area (Å²) in [5.74, 6) is -0.190. The van der Waals surface area contributed by atoms with Gasteiger partial charge in [0.1, 0.15) is 11.6 Å². The summed E-state index contributed by atoms with van der Waals surface area (Å²) in [5, 5.41) is 9.91. The minimum Gasteiger partial charge on any atom is -0.506 e. The van der Waals surface area contributed by atoms with Gasteiger partial charge < -0.3 is 10.8 Å². The molecule has 1 fully saturated rings. The summed E-state index contributed by atoms with van der Waals surface area (Å²) in [5.41, 5.74) is 6.38. The Morgan fingerprint density at radius 1 is 1.29 bits per heavy atom. The normalized spacial score (nSPS) is 19.2. The van der Waals surface area contributed by atoms with Crippen molar-refractivity contribution in [2.45, 2.75) is 38.1 Å². The van der Waals surface area contributed by atoms with E-state index in [0.29, 0.717) is 4.47 Å². The molecular formula is C13H17BrFNO. The molecule has 2 rings (SSSR count). The van der Waals surface area contributed by atoms with Gasteiger partial charge in [-0.15, -0.1) is 0 Å². The van der Waals surface area contributed by atoms with Gasteiger partial charge in [-0.25, -0.2) is 4.39 Å². The third-order valence-electron chi connectivity index (χ3n) is 3.61. The molecule has 0 aliphatic heterocycles. The Hall–Kier alpha value is -0.610. The highest BCUT2D eigenvalue weighted by Crippen LogP contribution is 2.40. The van der Waals surface area contributed by atoms with Gasteiger partial charge in [0.15, 0.2) is 0 Å². The van der Waals surface area contributed by atoms with E-state index in [4.69, 9.17) is 5.73 Å². The van der Waals surface area contributed by atoms with Crippen molar-refractivity contribution in [1.29, 1.82) is 0 Å². The molecule has 0 unspecified atom stereocenters. The van der Waals surface area contributed by atoms with E-state index in [-0.39, 0.29) is 17.2 Å². The molecule has 1 aliphatic carbocycles. The maximum absolute atomic E-state index is 13.8. The first kappa shape index (κ1) is 12.8. The molecule has 0 heterocycles. The zero-order valence-corrected chi connectivity index (χ0v) is 11.2. The van der Waals surface area contributed by atoms with Crippen LogP contribution in [0.1, 0.15) is 43.7 Å². The molecule has 2 nitrogen and oxygen atoms in total. The number of halogens is 2. The fraction of sp³-hybridized carbons (Fsp3) is 0.538. The third kappa shape index (κ3) is 2.63. The lowest BCUT2D eigenvalue weighted by Crippen LogP contribution is -2.24. The van der Waals surface area contributed by atoms with E-state index in [1.165, 1.54) is 18.6 Å². The zero-order valence-electron chi connectivity index (χ0n) is 9.63. The highest BCUT2D eigenvalue weighted by atomic mass is 79.9. The number of phenolic OH excluding ortho intramolecular Hbond substituents is 1. The Morgan fingerprint density at radius 2 is 1.94 bits per heavy atom. The molecule has 1 atom stereocenters. The van der Waals surface area contributed by atoms with Crippen LogP contribution in [0.2, 0.25) is 0 Å². The second kappa shape index (κ2) is 5.36. The average molecular weight is 302 g/mol. The van der Waals surface area contributed by atoms with Gasteiger partial charge in [-0.3, -0.25) is 0 Å². The lowest BCUT2D eigenvalue weighted by molar-refractivity contribution is 0.297. The lowest BCUT2D eigenvalue weighted by Gasteiger charge is -2.28. The van der Waals surface area contributed by atoms with E-state index in [1.807, 2.05) is 0 Å². The van der Waals surface area contributed by atoms with E-state index >= 15 is 0 Å². The second-order valence-corrected chi connectivity index (χ2v) is 5.57. The third-order valence-corrected chi connectivity index (χ3v) is 4.25. The summed E-state index contributed by atoms with van der Waals surface area (Å²) in [6, 6.07) is 2.44. The van der Waals surface area contributed by atoms with Gasteiger partial charge in [-0.05, 0) is 46.8 Å². The minimum absolute atomic E-state index is 0.0527. The number of nitrogens with two attached hydrogens (primary N) is 1. The molecule has 1 saturated carbocycles. The zero-order chi connectivity index (χ0) is 12.4. The fourth-order valence-electron chi connectivity index (χ4n) is 2.60. The highest BCUT2D eigenvalue weighted by Gasteiger charge is 2.27. The Bertz CT molecular complexity index is 405. The van der Waals surface area contributed by atoms with Gasteiger partial charge in [-0.1, -0.05) is 19.3 Å². The first-order valence-electron chi connectivity index (χ1n) is 6.03. The van der Waals surface area contributed by atoms with Crippen LogP contribution in [0.3, 0.4) is 0 Å². The maximum atomic E-state index is 13.8. The molecule has 3 N–H and O–H groups in total. The molecule has 0 aromatic heterocycles. The number of hydrogen-bond acceptors (Lipinski definition) is 2. The van der Waals surface area contributed by atoms with Crippen LogP contribution in [0.15, 0.2) is 16.6 Å². The lowest BCUT2D eigenvalue weighted by atomic mass is 9.81. The monoisotopic (exact) mass is 301 g/mol. The van der Waals surface area contributed by atoms with Crippen molar-refractivity contribution < 1.29 is 9.50 Å². The summed E-state index contributed by atoms with van der Waals surface area (Å²) in [6.45, 7) is 0. The molecule has 1 aliphatic rings. The minimum atomic E-state index is -0.413. The number of hydrogen-bond donors (Lipinski definition) is 2. The molecular weight excluding hydrogens is 285 g/mol. The van der Waals surface area contributed by atoms with E-state index in [9.17, 15) is 9.50 Å². The smallest absolute Gasteiger partial charge is 0.137 e. The first-order valence-corrected chi connectivity index (χ1v) is 6.83. The molecule has 17 heavy (non-hydrogen) atoms. The number of benzene rings is 1. The molecule has 0 amide bonds. The Balaban J connectivity index is 2.29. The van der Waals surface area contributed by atoms with Crippen LogP contribution < -0.4 is 5.73 Å². The standard InChI is InChI=1S/C13H17BrFNO/c14-9-6-7-10(15)11(13(9)17)12(16)8-4-2-1-3-5-8/h6-8,12,17H,1-5,16H2/t12-/m1/s1. The molecule has 94 valence electrons. The van der Waals surface area contributed by atoms with Crippen molar-refractivity contribution in [3.05, 3.63) is 28.0 Å². The molecule has 1 aromatic rings. The summed E-state index contributed by atoms with van der Waals surface area (Å²) in [6.07, 6.45) is 5.57. The predicted molar refractivity (Wildman–Crippen MR) is 69.3 cm³/mol. The molecule has 0 radical (unpaired) electrons. The SMILES string of the molecule is N[C@@H](c1c(F)ccc(Br)c1O)C1CCCCC1. The van der Waals surface area contributed by atoms with Crippen molar-refractivity contribution in [3.63, 3.8) is 0 Å². The fourth-order valence-corrected chi connectivity index (χ4v) is 2.95. The Kier molecular flexibility index (Phi) is 4.05. The van der Waals surface area contributed by atoms with E-state index < -0.39 is 11.9 Å². The Labute approximate surface area is 109 Å². The average Bonchev–Trinajstić information content (AvgIpc) is 2.35. The molecule has 0 spiro atoms. The van der Waals surface area contributed by atoms with Crippen molar-refractivity contribution in [1.82, 2.24) is 0 Å². The quantitative estimate of drug-likeness (QED) is 0.871. The van der Waals surface area contributed by atoms with Gasteiger partial charge in [0, 0.05) is 11.6 Å². The summed E-state index contributed by atoms with van der Waals surface area (Å²) in [7, 11) is 0. The van der Waals surface area contributed by atoms with Gasteiger partial charge in [0.05, 0.1) is 4.47 Å². The summed E-state index contributed by atoms with van der Waals surface area (Å²) in [4.78, 5) is 0. The Morgan fingerprint density at radius 3 is 2.59 bits per heavy atom. The van der Waals surface area contributed by atoms with Gasteiger partial charge >= 0.3 is 0 Å². The summed E-state index contributed by atoms with van der Waals surface area (Å²) < 4.78 is 14.3. The number of phenols is 1. The number of aromatic hydroxyl groups is 1. The van der Waals surface area contributed by atoms with Crippen LogP contribution in [0.25, 0.3) is 0 Å². The van der Waals surface area contributed by atoms with Crippen LogP contribution >= 0.6 is 15.9 Å². The van der Waals surface area contributed by atoms with Crippen molar-refractivity contribution in [2.75, 3.05) is 0 Å². The van der Waals surface area contributed by atoms with Crippen LogP contribution in [0, 0.1) is 11.7 Å². The van der Waals surface area contributed by atoms with Crippen LogP contribution in [-0.2, 0) is 0 Å². The van der Waals surface area contributed by atoms with Crippen molar-refractivity contribution in [3.8, 4) is 5.75 Å². The van der Waals surface area contributed by atoms with E-state index in [0.717, 1.165) is 25.7 Å². The molecule has 1 aromatic carbocycles. The number of rotatable bonds is 2. The molecule has 4 heteroatoms. The van der Waals surface area contributed by atoms with Gasteiger partial charge in [0.25, 0.3) is 0 Å². The predicted octanol–water partition coefficient (Wildman–Crippen LogP) is 3.87. The first-order chi connectivity index (χ1) is 8.11. The van der Waals surface area contributed by atoms with E-state index in [2.05, 4.69) is 15.9 Å². The van der Waals surface area contributed by atoms with Crippen LogP contribution in [0.4, 0.5) is 4.39 Å². The van der Waals surface area contributed by atoms with Crippen LogP contribution in [-0.4, -0.2) is 5.11 Å². The van der Waals surface area contributed by atoms with Crippen molar-refractivity contribution in [2.24, 2.45) is 11.7 Å². The maximum Gasteiger partial charge on any atom is 0.137 e. The van der Waals surface area contributed by atoms with Gasteiger partial charge in [-0.2, -0.15) is 0 Å². The van der Waals surface area contributed by atoms with E-state index in [1.54, 1.807) is 0 Å². The highest BCUT2D eigenvalue weighted by molar-refractivity contribution is 9.10. The summed E-state index contributed by atoms with van der Waals surface area (Å²) >= 11 is 3.20. The molecule has 0 saturated heterocycles. The van der Waals surface area contributed by atoms with Crippen molar-refractivity contribution >= 4 is 15.9 Å². The van der Waals surface area contributed by atoms with Crippen LogP contribution in [0.5, 0.6) is 5.75 Å². The van der Waals surface area contributed by atoms with Gasteiger partial charge in [0.2, 0.25) is 0 Å². The molecule has 0 bridgehead atoms. The largest absolute Gasteiger partial charge is 0.506 e.